The summed E-state index contributed by atoms with van der Waals surface area (Å²) in [5.41, 5.74) is 2.86. The lowest BCUT2D eigenvalue weighted by Gasteiger charge is -2.30. The third-order valence-electron chi connectivity index (χ3n) is 5.52. The maximum atomic E-state index is 13.0. The fourth-order valence-corrected chi connectivity index (χ4v) is 4.59. The fourth-order valence-electron chi connectivity index (χ4n) is 3.87. The van der Waals surface area contributed by atoms with E-state index in [0.717, 1.165) is 16.6 Å². The largest absolute Gasteiger partial charge is 0.346 e. The maximum Gasteiger partial charge on any atom is 0.276 e. The molecule has 158 valence electrons. The fraction of sp³-hybridized carbons (Fsp3) is 0.333. The summed E-state index contributed by atoms with van der Waals surface area (Å²) in [6.45, 7) is 0.510. The van der Waals surface area contributed by atoms with Crippen LogP contribution in [0.2, 0.25) is 0 Å². The number of imidazole rings is 1. The number of hydrogen-bond donors (Lipinski definition) is 3. The number of nitrogens with one attached hydrogen (secondary N) is 2. The molecule has 1 aromatic heterocycles. The predicted octanol–water partition coefficient (Wildman–Crippen LogP) is 1.88. The van der Waals surface area contributed by atoms with E-state index in [9.17, 15) is 13.2 Å². The van der Waals surface area contributed by atoms with Gasteiger partial charge in [-0.25, -0.2) is 10.1 Å². The Balaban J connectivity index is 1.52. The number of para-hydroxylation sites is 2. The van der Waals surface area contributed by atoms with Crippen LogP contribution in [0.4, 0.5) is 0 Å². The molecule has 2 aromatic carbocycles. The van der Waals surface area contributed by atoms with Crippen molar-refractivity contribution in [3.8, 4) is 0 Å². The van der Waals surface area contributed by atoms with Crippen LogP contribution in [-0.4, -0.2) is 41.7 Å². The zero-order valence-corrected chi connectivity index (χ0v) is 17.3. The van der Waals surface area contributed by atoms with Crippen molar-refractivity contribution in [1.29, 1.82) is 0 Å². The van der Waals surface area contributed by atoms with Gasteiger partial charge in [-0.2, -0.15) is 12.7 Å². The Morgan fingerprint density at radius 2 is 1.80 bits per heavy atom. The Morgan fingerprint density at radius 3 is 2.47 bits per heavy atom. The number of hydrogen-bond acceptors (Lipinski definition) is 4. The molecule has 1 atom stereocenters. The van der Waals surface area contributed by atoms with Crippen molar-refractivity contribution in [2.24, 2.45) is 11.1 Å². The van der Waals surface area contributed by atoms with Gasteiger partial charge < -0.3 is 10.3 Å². The first-order valence-electron chi connectivity index (χ1n) is 9.97. The number of H-pyrrole nitrogens is 1. The van der Waals surface area contributed by atoms with Crippen LogP contribution in [-0.2, 0) is 21.4 Å². The maximum absolute atomic E-state index is 13.0. The number of nitrogens with two attached hydrogens (primary N) is 1. The quantitative estimate of drug-likeness (QED) is 0.556. The summed E-state index contributed by atoms with van der Waals surface area (Å²) in [5.74, 6) is 0.353. The predicted molar refractivity (Wildman–Crippen MR) is 115 cm³/mol. The summed E-state index contributed by atoms with van der Waals surface area (Å²) < 4.78 is 24.2. The van der Waals surface area contributed by atoms with Crippen LogP contribution in [0.25, 0.3) is 11.0 Å². The molecule has 0 radical (unpaired) electrons. The molecule has 3 aromatic rings. The molecule has 1 amide bonds. The average Bonchev–Trinajstić information content (AvgIpc) is 3.18. The van der Waals surface area contributed by atoms with Gasteiger partial charge in [0.1, 0.15) is 5.82 Å². The third-order valence-corrected chi connectivity index (χ3v) is 6.61. The van der Waals surface area contributed by atoms with Crippen molar-refractivity contribution in [1.82, 2.24) is 19.6 Å². The average molecular weight is 428 g/mol. The van der Waals surface area contributed by atoms with Gasteiger partial charge in [-0.1, -0.05) is 42.5 Å². The summed E-state index contributed by atoms with van der Waals surface area (Å²) in [6, 6.07) is 17.4. The van der Waals surface area contributed by atoms with E-state index in [1.54, 1.807) is 0 Å². The molecule has 8 nitrogen and oxygen atoms in total. The van der Waals surface area contributed by atoms with Gasteiger partial charge in [0.2, 0.25) is 5.91 Å². The smallest absolute Gasteiger partial charge is 0.276 e. The lowest BCUT2D eigenvalue weighted by Crippen LogP contribution is -2.46. The van der Waals surface area contributed by atoms with Crippen molar-refractivity contribution in [2.45, 2.75) is 25.3 Å². The number of benzene rings is 2. The van der Waals surface area contributed by atoms with E-state index in [-0.39, 0.29) is 31.0 Å². The molecule has 0 bridgehead atoms. The molecule has 0 aliphatic carbocycles. The van der Waals surface area contributed by atoms with E-state index in [2.05, 4.69) is 15.3 Å². The Labute approximate surface area is 175 Å². The van der Waals surface area contributed by atoms with Gasteiger partial charge in [-0.05, 0) is 37.0 Å². The number of aromatic nitrogens is 2. The van der Waals surface area contributed by atoms with Crippen LogP contribution < -0.4 is 10.5 Å². The minimum absolute atomic E-state index is 0.0922. The van der Waals surface area contributed by atoms with Crippen molar-refractivity contribution in [2.75, 3.05) is 13.1 Å². The van der Waals surface area contributed by atoms with Gasteiger partial charge in [-0.3, -0.25) is 4.79 Å². The molecule has 9 heteroatoms. The Bertz CT molecular complexity index is 1090. The van der Waals surface area contributed by atoms with Gasteiger partial charge in [0.05, 0.1) is 17.1 Å². The number of aromatic amines is 1. The van der Waals surface area contributed by atoms with Crippen LogP contribution in [0, 0.1) is 5.92 Å². The molecular formula is C21H25N5O3S. The Hall–Kier alpha value is -2.75. The van der Waals surface area contributed by atoms with E-state index < -0.39 is 10.2 Å². The zero-order chi connectivity index (χ0) is 21.1. The van der Waals surface area contributed by atoms with E-state index in [1.165, 1.54) is 4.31 Å². The van der Waals surface area contributed by atoms with E-state index >= 15 is 0 Å². The topological polar surface area (TPSA) is 121 Å². The molecule has 0 spiro atoms. The summed E-state index contributed by atoms with van der Waals surface area (Å²) in [5, 5.41) is 8.33. The number of carbonyl (C=O) groups excluding carboxylic acids is 1. The second-order valence-electron chi connectivity index (χ2n) is 7.61. The monoisotopic (exact) mass is 427 g/mol. The van der Waals surface area contributed by atoms with Crippen molar-refractivity contribution in [3.63, 3.8) is 0 Å². The van der Waals surface area contributed by atoms with Gasteiger partial charge in [0.15, 0.2) is 0 Å². The first-order chi connectivity index (χ1) is 14.4. The molecule has 1 fully saturated rings. The van der Waals surface area contributed by atoms with Gasteiger partial charge in [-0.15, -0.1) is 0 Å². The van der Waals surface area contributed by atoms with Gasteiger partial charge >= 0.3 is 0 Å². The molecule has 2 heterocycles. The summed E-state index contributed by atoms with van der Waals surface area (Å²) in [6.07, 6.45) is 1.49. The second kappa shape index (κ2) is 8.55. The minimum Gasteiger partial charge on any atom is -0.346 e. The number of piperidine rings is 1. The van der Waals surface area contributed by atoms with E-state index in [4.69, 9.17) is 5.14 Å². The van der Waals surface area contributed by atoms with E-state index in [0.29, 0.717) is 25.1 Å². The Morgan fingerprint density at radius 1 is 1.13 bits per heavy atom. The van der Waals surface area contributed by atoms with Gasteiger partial charge in [0, 0.05) is 19.0 Å². The molecule has 0 unspecified atom stereocenters. The minimum atomic E-state index is -3.71. The molecular weight excluding hydrogens is 402 g/mol. The second-order valence-corrected chi connectivity index (χ2v) is 9.15. The molecule has 1 aliphatic heterocycles. The highest BCUT2D eigenvalue weighted by Gasteiger charge is 2.31. The number of fused-ring (bicyclic) bond motifs is 1. The number of nitrogens with zero attached hydrogens (tertiary/aromatic N) is 2. The standard InChI is InChI=1S/C21H25N5O3S/c22-30(28,29)26-12-10-16(11-13-26)21(27)25-19(14-15-6-2-1-3-7-15)20-23-17-8-4-5-9-18(17)24-20/h1-9,16,19H,10-14H2,(H,23,24)(H,25,27)(H2,22,28,29)/t19-/m1/s1. The van der Waals surface area contributed by atoms with Crippen molar-refractivity contribution >= 4 is 27.1 Å². The third kappa shape index (κ3) is 4.69. The number of amides is 1. The van der Waals surface area contributed by atoms with Gasteiger partial charge in [0.25, 0.3) is 10.2 Å². The zero-order valence-electron chi connectivity index (χ0n) is 16.5. The first-order valence-corrected chi connectivity index (χ1v) is 11.5. The normalized spacial score (nSPS) is 17.1. The Kier molecular flexibility index (Phi) is 5.85. The van der Waals surface area contributed by atoms with Crippen LogP contribution in [0.1, 0.15) is 30.3 Å². The first kappa shape index (κ1) is 20.5. The van der Waals surface area contributed by atoms with Crippen molar-refractivity contribution in [3.05, 3.63) is 66.0 Å². The number of rotatable bonds is 6. The number of carbonyl (C=O) groups is 1. The molecule has 4 N–H and O–H groups in total. The van der Waals surface area contributed by atoms with E-state index in [1.807, 2.05) is 54.6 Å². The highest BCUT2D eigenvalue weighted by molar-refractivity contribution is 7.86. The lowest BCUT2D eigenvalue weighted by molar-refractivity contribution is -0.127. The van der Waals surface area contributed by atoms with Crippen LogP contribution in [0.3, 0.4) is 0 Å². The SMILES string of the molecule is NS(=O)(=O)N1CCC(C(=O)N[C@H](Cc2ccccc2)c2nc3ccccc3[nH]2)CC1. The summed E-state index contributed by atoms with van der Waals surface area (Å²) in [4.78, 5) is 21.0. The highest BCUT2D eigenvalue weighted by Crippen LogP contribution is 2.23. The van der Waals surface area contributed by atoms with Crippen LogP contribution >= 0.6 is 0 Å². The van der Waals surface area contributed by atoms with Crippen LogP contribution in [0.15, 0.2) is 54.6 Å². The van der Waals surface area contributed by atoms with Crippen molar-refractivity contribution < 1.29 is 13.2 Å². The lowest BCUT2D eigenvalue weighted by atomic mass is 9.96. The highest BCUT2D eigenvalue weighted by atomic mass is 32.2. The molecule has 30 heavy (non-hydrogen) atoms. The molecule has 1 saturated heterocycles. The van der Waals surface area contributed by atoms with Crippen LogP contribution in [0.5, 0.6) is 0 Å². The summed E-state index contributed by atoms with van der Waals surface area (Å²) >= 11 is 0. The summed E-state index contributed by atoms with van der Waals surface area (Å²) in [7, 11) is -3.71. The molecule has 4 rings (SSSR count). The molecule has 0 saturated carbocycles. The molecule has 1 aliphatic rings.